The molecule has 0 saturated carbocycles. The van der Waals surface area contributed by atoms with Crippen molar-refractivity contribution in [3.63, 3.8) is 0 Å². The summed E-state index contributed by atoms with van der Waals surface area (Å²) in [6, 6.07) is 6.89. The monoisotopic (exact) mass is 329 g/mol. The largest absolute Gasteiger partial charge is 0.391 e. The zero-order valence-electron chi connectivity index (χ0n) is 11.7. The number of nitrogens with zero attached hydrogens (tertiary/aromatic N) is 1. The molecule has 0 amide bonds. The fraction of sp³-hybridized carbons (Fsp3) is 0.286. The summed E-state index contributed by atoms with van der Waals surface area (Å²) in [5.41, 5.74) is 0.310. The molecule has 4 nitrogen and oxygen atoms in total. The first-order chi connectivity index (χ1) is 9.89. The van der Waals surface area contributed by atoms with Crippen LogP contribution < -0.4 is 0 Å². The molecular formula is C14H16FNO3S2. The van der Waals surface area contributed by atoms with Crippen molar-refractivity contribution in [2.24, 2.45) is 0 Å². The summed E-state index contributed by atoms with van der Waals surface area (Å²) in [6.45, 7) is 1.29. The zero-order valence-corrected chi connectivity index (χ0v) is 13.3. The van der Waals surface area contributed by atoms with Crippen LogP contribution in [0.5, 0.6) is 0 Å². The van der Waals surface area contributed by atoms with Crippen LogP contribution in [0.1, 0.15) is 23.4 Å². The van der Waals surface area contributed by atoms with Gasteiger partial charge in [0, 0.05) is 23.5 Å². The summed E-state index contributed by atoms with van der Waals surface area (Å²) in [7, 11) is -2.38. The highest BCUT2D eigenvalue weighted by Gasteiger charge is 2.29. The van der Waals surface area contributed by atoms with Gasteiger partial charge in [-0.3, -0.25) is 0 Å². The van der Waals surface area contributed by atoms with E-state index in [0.717, 1.165) is 4.31 Å². The van der Waals surface area contributed by atoms with Crippen molar-refractivity contribution >= 4 is 21.4 Å². The summed E-state index contributed by atoms with van der Waals surface area (Å²) in [5.74, 6) is -0.445. The minimum absolute atomic E-state index is 0.0701. The van der Waals surface area contributed by atoms with Crippen molar-refractivity contribution in [2.75, 3.05) is 7.05 Å². The standard InChI is InChI=1S/C14H16FNO3S2/c1-10(11-5-3-4-6-12(11)15)16(2)21(18,19)14-7-8-20-13(14)9-17/h3-8,10,17H,9H2,1-2H3. The molecule has 0 spiro atoms. The number of hydrogen-bond donors (Lipinski definition) is 1. The highest BCUT2D eigenvalue weighted by Crippen LogP contribution is 2.30. The number of aliphatic hydroxyl groups excluding tert-OH is 1. The molecule has 1 aromatic carbocycles. The van der Waals surface area contributed by atoms with Gasteiger partial charge in [-0.1, -0.05) is 18.2 Å². The Morgan fingerprint density at radius 1 is 1.33 bits per heavy atom. The van der Waals surface area contributed by atoms with Crippen LogP contribution in [-0.4, -0.2) is 24.9 Å². The molecule has 114 valence electrons. The highest BCUT2D eigenvalue weighted by atomic mass is 32.2. The van der Waals surface area contributed by atoms with Gasteiger partial charge in [0.25, 0.3) is 0 Å². The van der Waals surface area contributed by atoms with E-state index in [9.17, 15) is 17.9 Å². The Hall–Kier alpha value is -1.28. The molecule has 1 heterocycles. The van der Waals surface area contributed by atoms with Crippen LogP contribution >= 0.6 is 11.3 Å². The number of sulfonamides is 1. The number of benzene rings is 1. The third kappa shape index (κ3) is 3.01. The first-order valence-corrected chi connectivity index (χ1v) is 8.61. The highest BCUT2D eigenvalue weighted by molar-refractivity contribution is 7.89. The van der Waals surface area contributed by atoms with Crippen molar-refractivity contribution in [2.45, 2.75) is 24.5 Å². The Labute approximate surface area is 127 Å². The molecule has 2 aromatic rings. The molecule has 0 radical (unpaired) electrons. The van der Waals surface area contributed by atoms with E-state index < -0.39 is 21.9 Å². The van der Waals surface area contributed by atoms with Crippen LogP contribution in [0.2, 0.25) is 0 Å². The topological polar surface area (TPSA) is 57.6 Å². The van der Waals surface area contributed by atoms with E-state index >= 15 is 0 Å². The van der Waals surface area contributed by atoms with Crippen LogP contribution in [0, 0.1) is 5.82 Å². The number of thiophene rings is 1. The Kier molecular flexibility index (Phi) is 4.77. The van der Waals surface area contributed by atoms with Crippen LogP contribution in [0.25, 0.3) is 0 Å². The molecule has 1 atom stereocenters. The molecular weight excluding hydrogens is 313 g/mol. The van der Waals surface area contributed by atoms with E-state index in [1.54, 1.807) is 30.5 Å². The zero-order chi connectivity index (χ0) is 15.6. The van der Waals surface area contributed by atoms with E-state index in [2.05, 4.69) is 0 Å². The van der Waals surface area contributed by atoms with Gasteiger partial charge < -0.3 is 5.11 Å². The third-order valence-corrected chi connectivity index (χ3v) is 6.45. The quantitative estimate of drug-likeness (QED) is 0.918. The van der Waals surface area contributed by atoms with Crippen molar-refractivity contribution in [3.05, 3.63) is 52.0 Å². The fourth-order valence-electron chi connectivity index (χ4n) is 2.05. The predicted molar refractivity (Wildman–Crippen MR) is 80.0 cm³/mol. The molecule has 2 rings (SSSR count). The van der Waals surface area contributed by atoms with E-state index in [4.69, 9.17) is 0 Å². The number of hydrogen-bond acceptors (Lipinski definition) is 4. The molecule has 0 saturated heterocycles. The molecule has 21 heavy (non-hydrogen) atoms. The van der Waals surface area contributed by atoms with E-state index in [1.165, 1.54) is 30.5 Å². The summed E-state index contributed by atoms with van der Waals surface area (Å²) in [6.07, 6.45) is 0. The van der Waals surface area contributed by atoms with Crippen molar-refractivity contribution in [1.82, 2.24) is 4.31 Å². The molecule has 0 aliphatic rings. The third-order valence-electron chi connectivity index (χ3n) is 3.41. The second-order valence-corrected chi connectivity index (χ2v) is 7.55. The van der Waals surface area contributed by atoms with Crippen molar-refractivity contribution in [1.29, 1.82) is 0 Å². The molecule has 0 aliphatic carbocycles. The molecule has 1 unspecified atom stereocenters. The molecule has 0 bridgehead atoms. The number of rotatable bonds is 5. The van der Waals surface area contributed by atoms with Crippen molar-refractivity contribution in [3.8, 4) is 0 Å². The maximum Gasteiger partial charge on any atom is 0.244 e. The SMILES string of the molecule is CC(c1ccccc1F)N(C)S(=O)(=O)c1ccsc1CO. The Bertz CT molecular complexity index is 727. The van der Waals surface area contributed by atoms with Gasteiger partial charge in [0.2, 0.25) is 10.0 Å². The van der Waals surface area contributed by atoms with Crippen LogP contribution in [-0.2, 0) is 16.6 Å². The predicted octanol–water partition coefficient (Wildman–Crippen LogP) is 2.76. The molecule has 0 aliphatic heterocycles. The fourth-order valence-corrected chi connectivity index (χ4v) is 4.65. The van der Waals surface area contributed by atoms with Gasteiger partial charge in [-0.25, -0.2) is 12.8 Å². The van der Waals surface area contributed by atoms with Gasteiger partial charge in [-0.15, -0.1) is 11.3 Å². The van der Waals surface area contributed by atoms with E-state index in [1.807, 2.05) is 0 Å². The molecule has 1 aromatic heterocycles. The normalized spacial score (nSPS) is 13.6. The summed E-state index contributed by atoms with van der Waals surface area (Å²) >= 11 is 1.17. The Balaban J connectivity index is 2.39. The van der Waals surface area contributed by atoms with E-state index in [0.29, 0.717) is 10.4 Å². The summed E-state index contributed by atoms with van der Waals surface area (Å²) < 4.78 is 40.1. The number of aliphatic hydroxyl groups is 1. The second-order valence-electron chi connectivity index (χ2n) is 4.58. The lowest BCUT2D eigenvalue weighted by Gasteiger charge is -2.25. The van der Waals surface area contributed by atoms with Gasteiger partial charge in [-0.05, 0) is 24.4 Å². The molecule has 7 heteroatoms. The minimum atomic E-state index is -3.79. The lowest BCUT2D eigenvalue weighted by Crippen LogP contribution is -2.30. The van der Waals surface area contributed by atoms with Crippen LogP contribution in [0.3, 0.4) is 0 Å². The van der Waals surface area contributed by atoms with Gasteiger partial charge in [-0.2, -0.15) is 4.31 Å². The minimum Gasteiger partial charge on any atom is -0.391 e. The van der Waals surface area contributed by atoms with Crippen LogP contribution in [0.4, 0.5) is 4.39 Å². The summed E-state index contributed by atoms with van der Waals surface area (Å²) in [4.78, 5) is 0.447. The summed E-state index contributed by atoms with van der Waals surface area (Å²) in [5, 5.41) is 10.8. The van der Waals surface area contributed by atoms with Gasteiger partial charge in [0.1, 0.15) is 5.82 Å². The van der Waals surface area contributed by atoms with E-state index in [-0.39, 0.29) is 11.5 Å². The first-order valence-electron chi connectivity index (χ1n) is 6.29. The maximum absolute atomic E-state index is 13.8. The van der Waals surface area contributed by atoms with Crippen LogP contribution in [0.15, 0.2) is 40.6 Å². The Morgan fingerprint density at radius 3 is 2.62 bits per heavy atom. The maximum atomic E-state index is 13.8. The second kappa shape index (κ2) is 6.23. The average molecular weight is 329 g/mol. The van der Waals surface area contributed by atoms with Gasteiger partial charge >= 0.3 is 0 Å². The number of halogens is 1. The smallest absolute Gasteiger partial charge is 0.244 e. The van der Waals surface area contributed by atoms with Gasteiger partial charge in [0.05, 0.1) is 11.5 Å². The lowest BCUT2D eigenvalue weighted by molar-refractivity contribution is 0.282. The lowest BCUT2D eigenvalue weighted by atomic mass is 10.1. The molecule has 0 fully saturated rings. The average Bonchev–Trinajstić information content (AvgIpc) is 2.95. The molecule has 1 N–H and O–H groups in total. The first kappa shape index (κ1) is 16.1. The Morgan fingerprint density at radius 2 is 2.00 bits per heavy atom. The van der Waals surface area contributed by atoms with Crippen molar-refractivity contribution < 1.29 is 17.9 Å². The van der Waals surface area contributed by atoms with Gasteiger partial charge in [0.15, 0.2) is 0 Å².